The molecule has 0 bridgehead atoms. The van der Waals surface area contributed by atoms with Crippen molar-refractivity contribution < 1.29 is 4.79 Å². The molecule has 0 atom stereocenters. The number of amides is 1. The molecule has 2 rings (SSSR count). The standard InChI is InChI=1S/C10H13BrN2OS/c11-8-3-2-7(15-8)6-13-9(14)10(12)4-1-5-10/h2-3H,1,4-6,12H2,(H,13,14). The number of halogens is 1. The highest BCUT2D eigenvalue weighted by molar-refractivity contribution is 9.11. The van der Waals surface area contributed by atoms with Crippen LogP contribution in [0.3, 0.4) is 0 Å². The molecule has 0 aromatic carbocycles. The lowest BCUT2D eigenvalue weighted by atomic mass is 9.77. The quantitative estimate of drug-likeness (QED) is 0.894. The first kappa shape index (κ1) is 11.1. The fourth-order valence-corrected chi connectivity index (χ4v) is 3.00. The number of hydrogen-bond donors (Lipinski definition) is 2. The van der Waals surface area contributed by atoms with Gasteiger partial charge in [0.25, 0.3) is 0 Å². The molecule has 0 unspecified atom stereocenters. The summed E-state index contributed by atoms with van der Waals surface area (Å²) >= 11 is 5.01. The van der Waals surface area contributed by atoms with Crippen LogP contribution in [0.5, 0.6) is 0 Å². The van der Waals surface area contributed by atoms with Gasteiger partial charge in [0, 0.05) is 4.88 Å². The molecule has 1 aliphatic carbocycles. The molecule has 0 radical (unpaired) electrons. The third-order valence-electron chi connectivity index (χ3n) is 2.75. The van der Waals surface area contributed by atoms with Crippen molar-refractivity contribution in [3.05, 3.63) is 20.8 Å². The number of carbonyl (C=O) groups is 1. The average molecular weight is 289 g/mol. The van der Waals surface area contributed by atoms with Gasteiger partial charge < -0.3 is 11.1 Å². The summed E-state index contributed by atoms with van der Waals surface area (Å²) in [6.45, 7) is 0.577. The van der Waals surface area contributed by atoms with Crippen molar-refractivity contribution >= 4 is 33.2 Å². The second-order valence-corrected chi connectivity index (χ2v) is 6.45. The van der Waals surface area contributed by atoms with Crippen molar-refractivity contribution in [2.75, 3.05) is 0 Å². The van der Waals surface area contributed by atoms with Crippen LogP contribution in [0.4, 0.5) is 0 Å². The summed E-state index contributed by atoms with van der Waals surface area (Å²) in [5.41, 5.74) is 5.31. The first-order valence-corrected chi connectivity index (χ1v) is 6.52. The molecule has 5 heteroatoms. The second kappa shape index (κ2) is 4.23. The van der Waals surface area contributed by atoms with Crippen molar-refractivity contribution in [2.45, 2.75) is 31.3 Å². The maximum Gasteiger partial charge on any atom is 0.240 e. The lowest BCUT2D eigenvalue weighted by Gasteiger charge is -2.36. The minimum absolute atomic E-state index is 0.0155. The molecular formula is C10H13BrN2OS. The van der Waals surface area contributed by atoms with E-state index in [0.29, 0.717) is 6.54 Å². The van der Waals surface area contributed by atoms with Crippen LogP contribution < -0.4 is 11.1 Å². The number of carbonyl (C=O) groups excluding carboxylic acids is 1. The van der Waals surface area contributed by atoms with Gasteiger partial charge in [-0.05, 0) is 47.3 Å². The van der Waals surface area contributed by atoms with Crippen LogP contribution in [0, 0.1) is 0 Å². The molecular weight excluding hydrogens is 276 g/mol. The predicted octanol–water partition coefficient (Wildman–Crippen LogP) is 2.01. The van der Waals surface area contributed by atoms with Gasteiger partial charge in [0.2, 0.25) is 5.91 Å². The zero-order valence-corrected chi connectivity index (χ0v) is 10.7. The number of nitrogens with one attached hydrogen (secondary N) is 1. The minimum atomic E-state index is -0.589. The molecule has 1 aliphatic rings. The highest BCUT2D eigenvalue weighted by Crippen LogP contribution is 2.29. The first-order valence-electron chi connectivity index (χ1n) is 4.91. The second-order valence-electron chi connectivity index (χ2n) is 3.90. The molecule has 1 aromatic rings. The summed E-state index contributed by atoms with van der Waals surface area (Å²) in [4.78, 5) is 12.8. The first-order chi connectivity index (χ1) is 7.10. The Morgan fingerprint density at radius 1 is 1.60 bits per heavy atom. The van der Waals surface area contributed by atoms with Crippen molar-refractivity contribution in [3.63, 3.8) is 0 Å². The van der Waals surface area contributed by atoms with Crippen molar-refractivity contribution in [1.82, 2.24) is 5.32 Å². The van der Waals surface area contributed by atoms with Gasteiger partial charge in [0.15, 0.2) is 0 Å². The van der Waals surface area contributed by atoms with Crippen molar-refractivity contribution in [3.8, 4) is 0 Å². The van der Waals surface area contributed by atoms with E-state index in [-0.39, 0.29) is 5.91 Å². The lowest BCUT2D eigenvalue weighted by molar-refractivity contribution is -0.129. The van der Waals surface area contributed by atoms with Gasteiger partial charge in [0.1, 0.15) is 0 Å². The summed E-state index contributed by atoms with van der Waals surface area (Å²) in [6.07, 6.45) is 2.69. The Bertz CT molecular complexity index is 373. The summed E-state index contributed by atoms with van der Waals surface area (Å²) in [5.74, 6) is -0.0155. The van der Waals surface area contributed by atoms with Crippen LogP contribution >= 0.6 is 27.3 Å². The highest BCUT2D eigenvalue weighted by Gasteiger charge is 2.39. The molecule has 1 saturated carbocycles. The van der Waals surface area contributed by atoms with Gasteiger partial charge in [-0.3, -0.25) is 4.79 Å². The topological polar surface area (TPSA) is 55.1 Å². The van der Waals surface area contributed by atoms with E-state index in [1.165, 1.54) is 0 Å². The van der Waals surface area contributed by atoms with Crippen LogP contribution in [0.1, 0.15) is 24.1 Å². The monoisotopic (exact) mass is 288 g/mol. The maximum atomic E-state index is 11.7. The minimum Gasteiger partial charge on any atom is -0.350 e. The molecule has 3 nitrogen and oxygen atoms in total. The molecule has 15 heavy (non-hydrogen) atoms. The predicted molar refractivity (Wildman–Crippen MR) is 64.6 cm³/mol. The average Bonchev–Trinajstić information content (AvgIpc) is 2.57. The van der Waals surface area contributed by atoms with E-state index in [1.54, 1.807) is 11.3 Å². The van der Waals surface area contributed by atoms with Crippen molar-refractivity contribution in [2.24, 2.45) is 5.73 Å². The fourth-order valence-electron chi connectivity index (χ4n) is 1.57. The van der Waals surface area contributed by atoms with Gasteiger partial charge in [-0.1, -0.05) is 0 Å². The van der Waals surface area contributed by atoms with Crippen molar-refractivity contribution in [1.29, 1.82) is 0 Å². The van der Waals surface area contributed by atoms with Crippen LogP contribution in [-0.4, -0.2) is 11.4 Å². The van der Waals surface area contributed by atoms with E-state index in [9.17, 15) is 4.79 Å². The van der Waals surface area contributed by atoms with Crippen LogP contribution in [0.2, 0.25) is 0 Å². The third kappa shape index (κ3) is 2.41. The normalized spacial score (nSPS) is 18.3. The van der Waals surface area contributed by atoms with Crippen LogP contribution in [0.25, 0.3) is 0 Å². The Balaban J connectivity index is 1.85. The molecule has 1 amide bonds. The third-order valence-corrected chi connectivity index (χ3v) is 4.37. The van der Waals surface area contributed by atoms with Gasteiger partial charge >= 0.3 is 0 Å². The number of thiophene rings is 1. The molecule has 0 saturated heterocycles. The van der Waals surface area contributed by atoms with E-state index >= 15 is 0 Å². The van der Waals surface area contributed by atoms with E-state index in [4.69, 9.17) is 5.73 Å². The zero-order chi connectivity index (χ0) is 10.9. The Kier molecular flexibility index (Phi) is 3.13. The summed E-state index contributed by atoms with van der Waals surface area (Å²) in [7, 11) is 0. The summed E-state index contributed by atoms with van der Waals surface area (Å²) in [5, 5.41) is 2.88. The van der Waals surface area contributed by atoms with E-state index < -0.39 is 5.54 Å². The lowest BCUT2D eigenvalue weighted by Crippen LogP contribution is -2.58. The maximum absolute atomic E-state index is 11.7. The number of nitrogens with two attached hydrogens (primary N) is 1. The largest absolute Gasteiger partial charge is 0.350 e. The van der Waals surface area contributed by atoms with Crippen LogP contribution in [-0.2, 0) is 11.3 Å². The molecule has 1 aromatic heterocycles. The van der Waals surface area contributed by atoms with Gasteiger partial charge in [-0.2, -0.15) is 0 Å². The SMILES string of the molecule is NC1(C(=O)NCc2ccc(Br)s2)CCC1. The Labute approximate surface area is 101 Å². The number of rotatable bonds is 3. The molecule has 0 spiro atoms. The molecule has 1 fully saturated rings. The summed E-state index contributed by atoms with van der Waals surface area (Å²) in [6, 6.07) is 3.98. The molecule has 3 N–H and O–H groups in total. The van der Waals surface area contributed by atoms with Gasteiger partial charge in [-0.15, -0.1) is 11.3 Å². The summed E-state index contributed by atoms with van der Waals surface area (Å²) < 4.78 is 1.08. The number of hydrogen-bond acceptors (Lipinski definition) is 3. The highest BCUT2D eigenvalue weighted by atomic mass is 79.9. The molecule has 82 valence electrons. The fraction of sp³-hybridized carbons (Fsp3) is 0.500. The van der Waals surface area contributed by atoms with E-state index in [1.807, 2.05) is 12.1 Å². The Morgan fingerprint density at radius 3 is 2.80 bits per heavy atom. The van der Waals surface area contributed by atoms with Gasteiger partial charge in [0.05, 0.1) is 15.9 Å². The van der Waals surface area contributed by atoms with E-state index in [0.717, 1.165) is 27.9 Å². The molecule has 1 heterocycles. The molecule has 0 aliphatic heterocycles. The Hall–Kier alpha value is -0.390. The Morgan fingerprint density at radius 2 is 2.33 bits per heavy atom. The van der Waals surface area contributed by atoms with Crippen LogP contribution in [0.15, 0.2) is 15.9 Å². The smallest absolute Gasteiger partial charge is 0.240 e. The zero-order valence-electron chi connectivity index (χ0n) is 8.25. The van der Waals surface area contributed by atoms with E-state index in [2.05, 4.69) is 21.2 Å². The van der Waals surface area contributed by atoms with Gasteiger partial charge in [-0.25, -0.2) is 0 Å².